The van der Waals surface area contributed by atoms with Crippen LogP contribution in [-0.2, 0) is 0 Å². The fourth-order valence-corrected chi connectivity index (χ4v) is 2.25. The topological polar surface area (TPSA) is 90.5 Å². The van der Waals surface area contributed by atoms with Gasteiger partial charge in [0.25, 0.3) is 0 Å². The van der Waals surface area contributed by atoms with E-state index >= 15 is 0 Å². The molecule has 1 saturated heterocycles. The van der Waals surface area contributed by atoms with E-state index in [4.69, 9.17) is 5.11 Å². The van der Waals surface area contributed by atoms with Gasteiger partial charge >= 0.3 is 12.0 Å². The summed E-state index contributed by atoms with van der Waals surface area (Å²) >= 11 is 0. The van der Waals surface area contributed by atoms with E-state index in [9.17, 15) is 9.59 Å². The molecule has 1 fully saturated rings. The Balaban J connectivity index is 1.95. The number of rotatable bonds is 3. The molecule has 0 unspecified atom stereocenters. The number of aryl methyl sites for hydroxylation is 1. The summed E-state index contributed by atoms with van der Waals surface area (Å²) in [6, 6.07) is 4.58. The zero-order valence-corrected chi connectivity index (χ0v) is 11.4. The van der Waals surface area contributed by atoms with E-state index in [0.29, 0.717) is 5.69 Å². The van der Waals surface area contributed by atoms with Gasteiger partial charge in [-0.15, -0.1) is 0 Å². The average molecular weight is 277 g/mol. The lowest BCUT2D eigenvalue weighted by Crippen LogP contribution is -2.44. The minimum absolute atomic E-state index is 0.190. The van der Waals surface area contributed by atoms with Crippen LogP contribution in [0.3, 0.4) is 0 Å². The molecule has 0 aliphatic carbocycles. The number of carbonyl (C=O) groups excluding carboxylic acids is 1. The summed E-state index contributed by atoms with van der Waals surface area (Å²) in [5.74, 6) is -0.973. The van der Waals surface area contributed by atoms with E-state index in [0.717, 1.165) is 31.5 Å². The molecule has 0 bridgehead atoms. The van der Waals surface area contributed by atoms with Crippen molar-refractivity contribution in [1.29, 1.82) is 0 Å². The normalized spacial score (nSPS) is 15.7. The minimum atomic E-state index is -0.973. The number of hydrogen-bond acceptors (Lipinski definition) is 3. The van der Waals surface area contributed by atoms with Crippen LogP contribution in [0.15, 0.2) is 18.2 Å². The Morgan fingerprint density at radius 2 is 2.00 bits per heavy atom. The Hall–Kier alpha value is -2.08. The highest BCUT2D eigenvalue weighted by atomic mass is 16.4. The SMILES string of the molecule is Cc1cc(C(=O)O)ccc1NC(=O)NC1CCNCC1. The zero-order valence-electron chi connectivity index (χ0n) is 11.4. The van der Waals surface area contributed by atoms with Crippen LogP contribution >= 0.6 is 0 Å². The predicted molar refractivity (Wildman–Crippen MR) is 76.2 cm³/mol. The van der Waals surface area contributed by atoms with Crippen LogP contribution in [0.4, 0.5) is 10.5 Å². The summed E-state index contributed by atoms with van der Waals surface area (Å²) in [6.07, 6.45) is 1.84. The molecule has 0 aromatic heterocycles. The summed E-state index contributed by atoms with van der Waals surface area (Å²) in [7, 11) is 0. The second-order valence-corrected chi connectivity index (χ2v) is 4.96. The van der Waals surface area contributed by atoms with Gasteiger partial charge in [0.2, 0.25) is 0 Å². The summed E-state index contributed by atoms with van der Waals surface area (Å²) in [5.41, 5.74) is 1.57. The number of urea groups is 1. The largest absolute Gasteiger partial charge is 0.478 e. The molecular weight excluding hydrogens is 258 g/mol. The van der Waals surface area contributed by atoms with E-state index in [2.05, 4.69) is 16.0 Å². The molecule has 1 aliphatic heterocycles. The van der Waals surface area contributed by atoms with E-state index in [1.165, 1.54) is 6.07 Å². The molecular formula is C14H19N3O3. The number of nitrogens with one attached hydrogen (secondary N) is 3. The van der Waals surface area contributed by atoms with Crippen LogP contribution < -0.4 is 16.0 Å². The van der Waals surface area contributed by atoms with Gasteiger partial charge in [0.05, 0.1) is 5.56 Å². The first-order chi connectivity index (χ1) is 9.56. The summed E-state index contributed by atoms with van der Waals surface area (Å²) in [5, 5.41) is 17.8. The maximum Gasteiger partial charge on any atom is 0.335 e. The number of carboxylic acids is 1. The van der Waals surface area contributed by atoms with E-state index in [1.54, 1.807) is 19.1 Å². The minimum Gasteiger partial charge on any atom is -0.478 e. The third kappa shape index (κ3) is 3.71. The zero-order chi connectivity index (χ0) is 14.5. The van der Waals surface area contributed by atoms with E-state index in [-0.39, 0.29) is 17.6 Å². The van der Waals surface area contributed by atoms with Gasteiger partial charge in [-0.25, -0.2) is 9.59 Å². The van der Waals surface area contributed by atoms with Crippen molar-refractivity contribution < 1.29 is 14.7 Å². The highest BCUT2D eigenvalue weighted by molar-refractivity contribution is 5.92. The van der Waals surface area contributed by atoms with E-state index < -0.39 is 5.97 Å². The van der Waals surface area contributed by atoms with E-state index in [1.807, 2.05) is 0 Å². The first-order valence-corrected chi connectivity index (χ1v) is 6.68. The number of aromatic carboxylic acids is 1. The number of hydrogen-bond donors (Lipinski definition) is 4. The van der Waals surface area contributed by atoms with Crippen molar-refractivity contribution in [3.05, 3.63) is 29.3 Å². The second-order valence-electron chi connectivity index (χ2n) is 4.96. The van der Waals surface area contributed by atoms with Crippen molar-refractivity contribution in [1.82, 2.24) is 10.6 Å². The molecule has 0 radical (unpaired) electrons. The number of anilines is 1. The van der Waals surface area contributed by atoms with Gasteiger partial charge in [-0.05, 0) is 56.6 Å². The molecule has 1 aliphatic rings. The Morgan fingerprint density at radius 3 is 2.60 bits per heavy atom. The number of piperidine rings is 1. The highest BCUT2D eigenvalue weighted by Crippen LogP contribution is 2.16. The van der Waals surface area contributed by atoms with Gasteiger partial charge in [-0.3, -0.25) is 0 Å². The van der Waals surface area contributed by atoms with Gasteiger partial charge < -0.3 is 21.1 Å². The van der Waals surface area contributed by atoms with Crippen molar-refractivity contribution in [2.75, 3.05) is 18.4 Å². The Labute approximate surface area is 117 Å². The fourth-order valence-electron chi connectivity index (χ4n) is 2.25. The molecule has 0 atom stereocenters. The van der Waals surface area contributed by atoms with Crippen LogP contribution in [0.2, 0.25) is 0 Å². The maximum absolute atomic E-state index is 11.9. The molecule has 1 heterocycles. The third-order valence-corrected chi connectivity index (χ3v) is 3.40. The standard InChI is InChI=1S/C14H19N3O3/c1-9-8-10(13(18)19)2-3-12(9)17-14(20)16-11-4-6-15-7-5-11/h2-3,8,11,15H,4-7H2,1H3,(H,18,19)(H2,16,17,20). The van der Waals surface area contributed by atoms with Crippen molar-refractivity contribution in [2.45, 2.75) is 25.8 Å². The quantitative estimate of drug-likeness (QED) is 0.675. The first kappa shape index (κ1) is 14.3. The summed E-state index contributed by atoms with van der Waals surface area (Å²) in [4.78, 5) is 22.7. The molecule has 0 spiro atoms. The molecule has 2 rings (SSSR count). The lowest BCUT2D eigenvalue weighted by atomic mass is 10.1. The number of carbonyl (C=O) groups is 2. The van der Waals surface area contributed by atoms with Crippen LogP contribution in [0.5, 0.6) is 0 Å². The fraction of sp³-hybridized carbons (Fsp3) is 0.429. The number of benzene rings is 1. The van der Waals surface area contributed by atoms with Crippen molar-refractivity contribution >= 4 is 17.7 Å². The molecule has 2 amide bonds. The highest BCUT2D eigenvalue weighted by Gasteiger charge is 2.15. The van der Waals surface area contributed by atoms with Crippen molar-refractivity contribution in [2.24, 2.45) is 0 Å². The Kier molecular flexibility index (Phi) is 4.57. The van der Waals surface area contributed by atoms with Gasteiger partial charge in [0.15, 0.2) is 0 Å². The molecule has 20 heavy (non-hydrogen) atoms. The van der Waals surface area contributed by atoms with Gasteiger partial charge in [0, 0.05) is 11.7 Å². The smallest absolute Gasteiger partial charge is 0.335 e. The Morgan fingerprint density at radius 1 is 1.30 bits per heavy atom. The van der Waals surface area contributed by atoms with Crippen LogP contribution in [0.25, 0.3) is 0 Å². The lowest BCUT2D eigenvalue weighted by Gasteiger charge is -2.24. The van der Waals surface area contributed by atoms with Gasteiger partial charge in [0.1, 0.15) is 0 Å². The maximum atomic E-state index is 11.9. The molecule has 108 valence electrons. The summed E-state index contributed by atoms with van der Waals surface area (Å²) in [6.45, 7) is 3.60. The molecule has 1 aromatic rings. The monoisotopic (exact) mass is 277 g/mol. The molecule has 1 aromatic carbocycles. The van der Waals surface area contributed by atoms with Crippen LogP contribution in [-0.4, -0.2) is 36.2 Å². The first-order valence-electron chi connectivity index (χ1n) is 6.68. The van der Waals surface area contributed by atoms with Crippen molar-refractivity contribution in [3.63, 3.8) is 0 Å². The van der Waals surface area contributed by atoms with Crippen LogP contribution in [0.1, 0.15) is 28.8 Å². The number of carboxylic acid groups (broad SMARTS) is 1. The van der Waals surface area contributed by atoms with Gasteiger partial charge in [-0.1, -0.05) is 0 Å². The molecule has 6 nitrogen and oxygen atoms in total. The third-order valence-electron chi connectivity index (χ3n) is 3.40. The number of amides is 2. The lowest BCUT2D eigenvalue weighted by molar-refractivity contribution is 0.0697. The molecule has 0 saturated carbocycles. The van der Waals surface area contributed by atoms with Crippen LogP contribution in [0, 0.1) is 6.92 Å². The summed E-state index contributed by atoms with van der Waals surface area (Å²) < 4.78 is 0. The predicted octanol–water partition coefficient (Wildman–Crippen LogP) is 1.57. The molecule has 6 heteroatoms. The van der Waals surface area contributed by atoms with Gasteiger partial charge in [-0.2, -0.15) is 0 Å². The Bertz CT molecular complexity index is 510. The second kappa shape index (κ2) is 6.38. The van der Waals surface area contributed by atoms with Crippen molar-refractivity contribution in [3.8, 4) is 0 Å². The average Bonchev–Trinajstić information content (AvgIpc) is 2.42. The molecule has 4 N–H and O–H groups in total.